The molecule has 4 nitrogen and oxygen atoms in total. The molecular weight excluding hydrogens is 220 g/mol. The number of thiazole rings is 1. The van der Waals surface area contributed by atoms with Gasteiger partial charge in [0.05, 0.1) is 6.54 Å². The van der Waals surface area contributed by atoms with Crippen molar-refractivity contribution in [3.05, 3.63) is 16.6 Å². The summed E-state index contributed by atoms with van der Waals surface area (Å²) in [5, 5.41) is 3.14. The molecule has 0 radical (unpaired) electrons. The Bertz CT molecular complexity index is 410. The van der Waals surface area contributed by atoms with Crippen LogP contribution in [0.1, 0.15) is 24.8 Å². The smallest absolute Gasteiger partial charge is 0.192 e. The van der Waals surface area contributed by atoms with Gasteiger partial charge in [-0.05, 0) is 25.7 Å². The molecule has 2 aliphatic rings. The minimum atomic E-state index is -0.110. The Labute approximate surface area is 99.2 Å². The third-order valence-corrected chi connectivity index (χ3v) is 4.48. The van der Waals surface area contributed by atoms with Gasteiger partial charge < -0.3 is 10.6 Å². The Balaban J connectivity index is 1.88. The van der Waals surface area contributed by atoms with Crippen LogP contribution in [0, 0.1) is 5.92 Å². The topological polar surface area (TPSA) is 54.5 Å². The van der Waals surface area contributed by atoms with Crippen molar-refractivity contribution in [3.8, 4) is 0 Å². The Kier molecular flexibility index (Phi) is 2.17. The Morgan fingerprint density at radius 2 is 2.44 bits per heavy atom. The minimum absolute atomic E-state index is 0.110. The lowest BCUT2D eigenvalue weighted by molar-refractivity contribution is 0.216. The Hall–Kier alpha value is -1.10. The van der Waals surface area contributed by atoms with E-state index in [-0.39, 0.29) is 5.54 Å². The van der Waals surface area contributed by atoms with E-state index in [1.165, 1.54) is 12.8 Å². The first-order chi connectivity index (χ1) is 7.70. The molecule has 3 rings (SSSR count). The van der Waals surface area contributed by atoms with Gasteiger partial charge >= 0.3 is 0 Å². The fourth-order valence-corrected chi connectivity index (χ4v) is 2.99. The Morgan fingerprint density at radius 1 is 1.62 bits per heavy atom. The van der Waals surface area contributed by atoms with Crippen molar-refractivity contribution < 1.29 is 0 Å². The van der Waals surface area contributed by atoms with Gasteiger partial charge in [0.15, 0.2) is 5.96 Å². The first-order valence-electron chi connectivity index (χ1n) is 5.68. The maximum Gasteiger partial charge on any atom is 0.192 e. The van der Waals surface area contributed by atoms with E-state index in [0.29, 0.717) is 5.96 Å². The highest BCUT2D eigenvalue weighted by molar-refractivity contribution is 7.09. The molecule has 0 bridgehead atoms. The van der Waals surface area contributed by atoms with Crippen molar-refractivity contribution in [1.29, 1.82) is 0 Å². The average Bonchev–Trinajstić information content (AvgIpc) is 2.81. The van der Waals surface area contributed by atoms with E-state index in [2.05, 4.69) is 21.8 Å². The lowest BCUT2D eigenvalue weighted by Crippen LogP contribution is -2.48. The second-order valence-corrected chi connectivity index (χ2v) is 5.73. The number of hydrogen-bond acceptors (Lipinski definition) is 5. The molecule has 0 aromatic carbocycles. The molecule has 2 N–H and O–H groups in total. The van der Waals surface area contributed by atoms with Gasteiger partial charge in [-0.3, -0.25) is 4.99 Å². The van der Waals surface area contributed by atoms with Crippen LogP contribution in [0.4, 0.5) is 0 Å². The van der Waals surface area contributed by atoms with Crippen LogP contribution in [0.2, 0.25) is 0 Å². The van der Waals surface area contributed by atoms with E-state index < -0.39 is 0 Å². The van der Waals surface area contributed by atoms with Crippen molar-refractivity contribution >= 4 is 17.3 Å². The largest absolute Gasteiger partial charge is 0.370 e. The van der Waals surface area contributed by atoms with Crippen LogP contribution in [0.3, 0.4) is 0 Å². The lowest BCUT2D eigenvalue weighted by Gasteiger charge is -2.34. The molecule has 86 valence electrons. The minimum Gasteiger partial charge on any atom is -0.370 e. The average molecular weight is 236 g/mol. The highest BCUT2D eigenvalue weighted by Gasteiger charge is 2.43. The molecular formula is C11H16N4S. The molecule has 0 saturated heterocycles. The first-order valence-corrected chi connectivity index (χ1v) is 6.55. The van der Waals surface area contributed by atoms with E-state index in [1.807, 2.05) is 11.6 Å². The summed E-state index contributed by atoms with van der Waals surface area (Å²) >= 11 is 1.69. The van der Waals surface area contributed by atoms with E-state index >= 15 is 0 Å². The summed E-state index contributed by atoms with van der Waals surface area (Å²) in [6, 6.07) is 0. The monoisotopic (exact) mass is 236 g/mol. The van der Waals surface area contributed by atoms with Gasteiger partial charge in [0.1, 0.15) is 10.5 Å². The van der Waals surface area contributed by atoms with Crippen molar-refractivity contribution in [2.24, 2.45) is 16.6 Å². The second kappa shape index (κ2) is 3.45. The molecule has 16 heavy (non-hydrogen) atoms. The van der Waals surface area contributed by atoms with Gasteiger partial charge in [0.2, 0.25) is 0 Å². The van der Waals surface area contributed by atoms with E-state index in [0.717, 1.165) is 24.0 Å². The number of guanidine groups is 1. The predicted molar refractivity (Wildman–Crippen MR) is 65.4 cm³/mol. The molecule has 0 amide bonds. The Morgan fingerprint density at radius 3 is 3.06 bits per heavy atom. The zero-order valence-electron chi connectivity index (χ0n) is 9.39. The van der Waals surface area contributed by atoms with Gasteiger partial charge in [-0.2, -0.15) is 0 Å². The third kappa shape index (κ3) is 1.50. The molecule has 1 aromatic rings. The maximum atomic E-state index is 5.99. The number of aliphatic imine (C=N–C) groups is 1. The van der Waals surface area contributed by atoms with Crippen LogP contribution in [0.5, 0.6) is 0 Å². The summed E-state index contributed by atoms with van der Waals surface area (Å²) in [5.41, 5.74) is 5.88. The van der Waals surface area contributed by atoms with Crippen LogP contribution in [-0.4, -0.2) is 28.9 Å². The zero-order valence-corrected chi connectivity index (χ0v) is 10.2. The number of rotatable bonds is 3. The summed E-state index contributed by atoms with van der Waals surface area (Å²) in [6.45, 7) is 3.96. The van der Waals surface area contributed by atoms with Crippen LogP contribution in [0.25, 0.3) is 0 Å². The van der Waals surface area contributed by atoms with Crippen molar-refractivity contribution in [2.75, 3.05) is 13.1 Å². The molecule has 1 saturated carbocycles. The van der Waals surface area contributed by atoms with E-state index in [9.17, 15) is 0 Å². The molecule has 1 fully saturated rings. The molecule has 1 atom stereocenters. The van der Waals surface area contributed by atoms with Gasteiger partial charge in [-0.1, -0.05) is 0 Å². The van der Waals surface area contributed by atoms with E-state index in [1.54, 1.807) is 11.3 Å². The fourth-order valence-electron chi connectivity index (χ4n) is 2.18. The van der Waals surface area contributed by atoms with Gasteiger partial charge in [0.25, 0.3) is 0 Å². The predicted octanol–water partition coefficient (Wildman–Crippen LogP) is 1.40. The normalized spacial score (nSPS) is 29.6. The molecule has 1 unspecified atom stereocenters. The highest BCUT2D eigenvalue weighted by atomic mass is 32.1. The van der Waals surface area contributed by atoms with Crippen LogP contribution in [0.15, 0.2) is 16.6 Å². The quantitative estimate of drug-likeness (QED) is 0.863. The van der Waals surface area contributed by atoms with Crippen LogP contribution in [-0.2, 0) is 5.54 Å². The van der Waals surface area contributed by atoms with Crippen LogP contribution < -0.4 is 5.73 Å². The lowest BCUT2D eigenvalue weighted by atomic mass is 10.0. The highest BCUT2D eigenvalue weighted by Crippen LogP contribution is 2.38. The summed E-state index contributed by atoms with van der Waals surface area (Å²) in [5.74, 6) is 1.50. The third-order valence-electron chi connectivity index (χ3n) is 3.45. The van der Waals surface area contributed by atoms with Crippen molar-refractivity contribution in [1.82, 2.24) is 9.88 Å². The standard InChI is InChI=1S/C11H16N4S/c1-11(9-13-4-5-16-9)7-14-10(12)15(11)6-8-2-3-8/h4-5,8H,2-3,6-7H2,1H3,(H2,12,14). The SMILES string of the molecule is CC1(c2nccs2)CN=C(N)N1CC1CC1. The number of nitrogens with zero attached hydrogens (tertiary/aromatic N) is 3. The summed E-state index contributed by atoms with van der Waals surface area (Å²) < 4.78 is 0. The van der Waals surface area contributed by atoms with Gasteiger partial charge in [0, 0.05) is 18.1 Å². The van der Waals surface area contributed by atoms with Crippen LogP contribution >= 0.6 is 11.3 Å². The van der Waals surface area contributed by atoms with Crippen molar-refractivity contribution in [2.45, 2.75) is 25.3 Å². The number of aromatic nitrogens is 1. The molecule has 5 heteroatoms. The number of hydrogen-bond donors (Lipinski definition) is 1. The summed E-state index contributed by atoms with van der Waals surface area (Å²) in [6.07, 6.45) is 4.52. The van der Waals surface area contributed by atoms with E-state index in [4.69, 9.17) is 5.73 Å². The molecule has 1 aliphatic carbocycles. The number of nitrogens with two attached hydrogens (primary N) is 1. The van der Waals surface area contributed by atoms with Crippen molar-refractivity contribution in [3.63, 3.8) is 0 Å². The zero-order chi connectivity index (χ0) is 11.2. The summed E-state index contributed by atoms with van der Waals surface area (Å²) in [7, 11) is 0. The maximum absolute atomic E-state index is 5.99. The summed E-state index contributed by atoms with van der Waals surface area (Å²) in [4.78, 5) is 11.1. The molecule has 2 heterocycles. The molecule has 1 aliphatic heterocycles. The van der Waals surface area contributed by atoms with Gasteiger partial charge in [-0.15, -0.1) is 11.3 Å². The molecule has 1 aromatic heterocycles. The van der Waals surface area contributed by atoms with Gasteiger partial charge in [-0.25, -0.2) is 4.98 Å². The second-order valence-electron chi connectivity index (χ2n) is 4.84. The molecule has 0 spiro atoms. The first kappa shape index (κ1) is 10.1. The fraction of sp³-hybridized carbons (Fsp3) is 0.636.